The van der Waals surface area contributed by atoms with Crippen molar-refractivity contribution in [3.8, 4) is 11.5 Å². The average Bonchev–Trinajstić information content (AvgIpc) is 3.35. The SMILES string of the molecule is CCOc1cc(/C=c2/sc3n(c2=O)[C@H](c2ccc(Cl)cc2)C2=C(N=3)c3ccccc3CC2)ccc1OCc1ccc(Cl)cc1. The van der Waals surface area contributed by atoms with E-state index in [0.717, 1.165) is 46.4 Å². The molecular weight excluding hydrogens is 611 g/mol. The molecule has 5 aromatic rings. The van der Waals surface area contributed by atoms with Gasteiger partial charge in [0.15, 0.2) is 16.3 Å². The molecule has 0 spiro atoms. The van der Waals surface area contributed by atoms with Crippen molar-refractivity contribution in [3.63, 3.8) is 0 Å². The van der Waals surface area contributed by atoms with Crippen molar-refractivity contribution < 1.29 is 9.47 Å². The molecule has 0 radical (unpaired) electrons. The molecule has 7 rings (SSSR count). The van der Waals surface area contributed by atoms with Gasteiger partial charge < -0.3 is 9.47 Å². The number of hydrogen-bond acceptors (Lipinski definition) is 5. The molecule has 2 heterocycles. The van der Waals surface area contributed by atoms with E-state index in [-0.39, 0.29) is 11.6 Å². The van der Waals surface area contributed by atoms with E-state index < -0.39 is 0 Å². The van der Waals surface area contributed by atoms with E-state index in [4.69, 9.17) is 37.7 Å². The Labute approximate surface area is 269 Å². The van der Waals surface area contributed by atoms with Crippen molar-refractivity contribution in [1.82, 2.24) is 4.57 Å². The predicted molar refractivity (Wildman–Crippen MR) is 178 cm³/mol. The molecule has 2 aliphatic rings. The van der Waals surface area contributed by atoms with Crippen LogP contribution in [0, 0.1) is 0 Å². The number of hydrogen-bond donors (Lipinski definition) is 0. The number of rotatable bonds is 7. The molecule has 1 aromatic heterocycles. The van der Waals surface area contributed by atoms with Gasteiger partial charge in [0.2, 0.25) is 0 Å². The zero-order valence-electron chi connectivity index (χ0n) is 23.9. The summed E-state index contributed by atoms with van der Waals surface area (Å²) < 4.78 is 14.5. The largest absolute Gasteiger partial charge is 0.490 e. The lowest BCUT2D eigenvalue weighted by Crippen LogP contribution is -2.38. The van der Waals surface area contributed by atoms with Gasteiger partial charge in [-0.1, -0.05) is 89.1 Å². The van der Waals surface area contributed by atoms with E-state index in [2.05, 4.69) is 24.3 Å². The van der Waals surface area contributed by atoms with Crippen molar-refractivity contribution in [2.45, 2.75) is 32.4 Å². The summed E-state index contributed by atoms with van der Waals surface area (Å²) in [6.45, 7) is 2.80. The molecule has 0 unspecified atom stereocenters. The molecule has 1 atom stereocenters. The second kappa shape index (κ2) is 12.1. The Morgan fingerprint density at radius 1 is 0.909 bits per heavy atom. The van der Waals surface area contributed by atoms with Gasteiger partial charge in [0.1, 0.15) is 6.61 Å². The van der Waals surface area contributed by atoms with Crippen molar-refractivity contribution in [1.29, 1.82) is 0 Å². The molecule has 44 heavy (non-hydrogen) atoms. The van der Waals surface area contributed by atoms with Crippen LogP contribution in [0.4, 0.5) is 0 Å². The minimum atomic E-state index is -0.253. The van der Waals surface area contributed by atoms with Gasteiger partial charge in [-0.15, -0.1) is 0 Å². The van der Waals surface area contributed by atoms with Crippen LogP contribution in [-0.4, -0.2) is 11.2 Å². The van der Waals surface area contributed by atoms with E-state index in [0.29, 0.717) is 44.1 Å². The van der Waals surface area contributed by atoms with E-state index in [9.17, 15) is 4.79 Å². The molecule has 0 saturated heterocycles. The highest BCUT2D eigenvalue weighted by molar-refractivity contribution is 7.07. The number of halogens is 2. The highest BCUT2D eigenvalue weighted by Gasteiger charge is 2.32. The molecule has 8 heteroatoms. The smallest absolute Gasteiger partial charge is 0.271 e. The molecule has 1 aliphatic heterocycles. The zero-order chi connectivity index (χ0) is 30.2. The number of fused-ring (bicyclic) bond motifs is 3. The summed E-state index contributed by atoms with van der Waals surface area (Å²) in [4.78, 5) is 19.9. The van der Waals surface area contributed by atoms with Crippen LogP contribution in [0.15, 0.2) is 106 Å². The molecule has 5 nitrogen and oxygen atoms in total. The molecule has 4 aromatic carbocycles. The maximum Gasteiger partial charge on any atom is 0.271 e. The van der Waals surface area contributed by atoms with Crippen LogP contribution in [0.3, 0.4) is 0 Å². The van der Waals surface area contributed by atoms with Crippen molar-refractivity contribution >= 4 is 46.3 Å². The van der Waals surface area contributed by atoms with E-state index in [1.54, 1.807) is 0 Å². The standard InChI is InChI=1S/C36H28Cl2N2O3S/c1-2-42-31-19-23(9-18-30(31)43-21-22-7-13-26(37)14-8-22)20-32-35(41)40-34(25-10-15-27(38)16-11-25)29-17-12-24-5-3-4-6-28(24)33(29)39-36(40)44-32/h3-11,13-16,18-20,34H,2,12,17,21H2,1H3/b32-20+/t34-/m1/s1. The van der Waals surface area contributed by atoms with Crippen LogP contribution >= 0.6 is 34.5 Å². The molecule has 0 amide bonds. The number of benzene rings is 4. The Kier molecular flexibility index (Phi) is 7.89. The van der Waals surface area contributed by atoms with Gasteiger partial charge in [0.05, 0.1) is 22.9 Å². The van der Waals surface area contributed by atoms with Crippen LogP contribution in [0.5, 0.6) is 11.5 Å². The number of thiazole rings is 1. The second-order valence-electron chi connectivity index (χ2n) is 10.7. The first-order valence-electron chi connectivity index (χ1n) is 14.5. The maximum atomic E-state index is 14.1. The minimum Gasteiger partial charge on any atom is -0.490 e. The van der Waals surface area contributed by atoms with Gasteiger partial charge in [-0.05, 0) is 90.1 Å². The fourth-order valence-corrected chi connectivity index (χ4v) is 7.12. The quantitative estimate of drug-likeness (QED) is 0.184. The lowest BCUT2D eigenvalue weighted by Gasteiger charge is -2.30. The van der Waals surface area contributed by atoms with Crippen LogP contribution in [-0.2, 0) is 13.0 Å². The van der Waals surface area contributed by atoms with E-state index >= 15 is 0 Å². The number of allylic oxidation sites excluding steroid dienone is 1. The summed E-state index contributed by atoms with van der Waals surface area (Å²) in [5, 5.41) is 1.35. The first kappa shape index (κ1) is 28.7. The highest BCUT2D eigenvalue weighted by atomic mass is 35.5. The Morgan fingerprint density at radius 2 is 1.66 bits per heavy atom. The Bertz CT molecular complexity index is 2080. The molecule has 0 fully saturated rings. The van der Waals surface area contributed by atoms with Crippen molar-refractivity contribution in [2.75, 3.05) is 6.61 Å². The van der Waals surface area contributed by atoms with Crippen LogP contribution in [0.2, 0.25) is 10.0 Å². The van der Waals surface area contributed by atoms with Gasteiger partial charge in [0.25, 0.3) is 5.56 Å². The third kappa shape index (κ3) is 5.50. The van der Waals surface area contributed by atoms with Crippen LogP contribution in [0.25, 0.3) is 11.8 Å². The van der Waals surface area contributed by atoms with Gasteiger partial charge in [-0.25, -0.2) is 4.99 Å². The molecule has 0 N–H and O–H groups in total. The third-order valence-electron chi connectivity index (χ3n) is 7.93. The van der Waals surface area contributed by atoms with Gasteiger partial charge in [0, 0.05) is 15.6 Å². The number of nitrogens with zero attached hydrogens (tertiary/aromatic N) is 2. The van der Waals surface area contributed by atoms with Crippen molar-refractivity contribution in [3.05, 3.63) is 154 Å². The van der Waals surface area contributed by atoms with Crippen molar-refractivity contribution in [2.24, 2.45) is 4.99 Å². The summed E-state index contributed by atoms with van der Waals surface area (Å²) in [6, 6.07) is 29.3. The Morgan fingerprint density at radius 3 is 2.43 bits per heavy atom. The monoisotopic (exact) mass is 638 g/mol. The summed E-state index contributed by atoms with van der Waals surface area (Å²) in [6.07, 6.45) is 3.65. The topological polar surface area (TPSA) is 52.8 Å². The second-order valence-corrected chi connectivity index (χ2v) is 12.6. The minimum absolute atomic E-state index is 0.0693. The summed E-state index contributed by atoms with van der Waals surface area (Å²) in [5.74, 6) is 1.25. The lowest BCUT2D eigenvalue weighted by atomic mass is 9.83. The van der Waals surface area contributed by atoms with Gasteiger partial charge >= 0.3 is 0 Å². The number of ether oxygens (including phenoxy) is 2. The van der Waals surface area contributed by atoms with Gasteiger partial charge in [-0.3, -0.25) is 9.36 Å². The fraction of sp³-hybridized carbons (Fsp3) is 0.167. The highest BCUT2D eigenvalue weighted by Crippen LogP contribution is 2.41. The van der Waals surface area contributed by atoms with Crippen LogP contribution < -0.4 is 24.4 Å². The fourth-order valence-electron chi connectivity index (χ4n) is 5.86. The van der Waals surface area contributed by atoms with E-state index in [1.165, 1.54) is 16.9 Å². The summed E-state index contributed by atoms with van der Waals surface area (Å²) in [7, 11) is 0. The molecule has 220 valence electrons. The molecule has 0 bridgehead atoms. The lowest BCUT2D eigenvalue weighted by molar-refractivity contribution is 0.269. The first-order chi connectivity index (χ1) is 21.5. The number of aromatic nitrogens is 1. The summed E-state index contributed by atoms with van der Waals surface area (Å²) in [5.41, 5.74) is 7.35. The number of aryl methyl sites for hydroxylation is 1. The zero-order valence-corrected chi connectivity index (χ0v) is 26.3. The molecular formula is C36H28Cl2N2O3S. The maximum absolute atomic E-state index is 14.1. The molecule has 1 aliphatic carbocycles. The third-order valence-corrected chi connectivity index (χ3v) is 9.42. The Balaban J connectivity index is 1.30. The predicted octanol–water partition coefficient (Wildman–Crippen LogP) is 7.60. The average molecular weight is 640 g/mol. The summed E-state index contributed by atoms with van der Waals surface area (Å²) >= 11 is 13.7. The van der Waals surface area contributed by atoms with Gasteiger partial charge in [-0.2, -0.15) is 0 Å². The normalized spacial score (nSPS) is 15.7. The van der Waals surface area contributed by atoms with E-state index in [1.807, 2.05) is 84.3 Å². The van der Waals surface area contributed by atoms with Crippen LogP contribution in [0.1, 0.15) is 47.2 Å². The molecule has 0 saturated carbocycles. The first-order valence-corrected chi connectivity index (χ1v) is 16.1. The Hall–Kier alpha value is -4.10.